The molecule has 0 aliphatic heterocycles. The third kappa shape index (κ3) is 2.78. The maximum absolute atomic E-state index is 13.0. The van der Waals surface area contributed by atoms with Gasteiger partial charge in [-0.25, -0.2) is 13.2 Å². The van der Waals surface area contributed by atoms with Crippen LogP contribution < -0.4 is 4.31 Å². The average Bonchev–Trinajstić information content (AvgIpc) is 3.08. The molecule has 0 saturated heterocycles. The summed E-state index contributed by atoms with van der Waals surface area (Å²) in [5.41, 5.74) is 2.81. The van der Waals surface area contributed by atoms with Crippen molar-refractivity contribution in [1.82, 2.24) is 0 Å². The van der Waals surface area contributed by atoms with Crippen molar-refractivity contribution in [3.63, 3.8) is 0 Å². The third-order valence-corrected chi connectivity index (χ3v) is 6.14. The Labute approximate surface area is 141 Å². The molecular weight excluding hydrogens is 326 g/mol. The Morgan fingerprint density at radius 1 is 1.08 bits per heavy atom. The predicted octanol–water partition coefficient (Wildman–Crippen LogP) is 2.79. The van der Waals surface area contributed by atoms with E-state index < -0.39 is 16.0 Å². The van der Waals surface area contributed by atoms with E-state index in [-0.39, 0.29) is 10.5 Å². The number of benzene rings is 2. The topological polar surface area (TPSA) is 63.7 Å². The van der Waals surface area contributed by atoms with Gasteiger partial charge >= 0.3 is 5.97 Å². The zero-order valence-corrected chi connectivity index (χ0v) is 14.5. The van der Waals surface area contributed by atoms with Crippen LogP contribution in [0.4, 0.5) is 5.69 Å². The number of carbonyl (C=O) groups is 1. The number of hydrogen-bond acceptors (Lipinski definition) is 4. The molecular formula is C18H19NO4S. The summed E-state index contributed by atoms with van der Waals surface area (Å²) in [4.78, 5) is 12.2. The fraction of sp³-hybridized carbons (Fsp3) is 0.278. The van der Waals surface area contributed by atoms with Crippen LogP contribution in [0.25, 0.3) is 0 Å². The first-order chi connectivity index (χ1) is 11.4. The number of esters is 1. The Bertz CT molecular complexity index is 890. The number of nitrogens with zero attached hydrogens (tertiary/aromatic N) is 1. The highest BCUT2D eigenvalue weighted by Crippen LogP contribution is 2.29. The lowest BCUT2D eigenvalue weighted by molar-refractivity contribution is 0.0601. The van der Waals surface area contributed by atoms with Crippen molar-refractivity contribution >= 4 is 21.7 Å². The number of sulfonamides is 1. The van der Waals surface area contributed by atoms with Gasteiger partial charge in [0.25, 0.3) is 10.0 Å². The molecule has 0 bridgehead atoms. The summed E-state index contributed by atoms with van der Waals surface area (Å²) in [5, 5.41) is 0. The Kier molecular flexibility index (Phi) is 4.32. The third-order valence-electron chi connectivity index (χ3n) is 4.38. The molecule has 0 N–H and O–H groups in total. The molecule has 0 fully saturated rings. The van der Waals surface area contributed by atoms with Crippen LogP contribution in [0, 0.1) is 0 Å². The van der Waals surface area contributed by atoms with E-state index in [9.17, 15) is 13.2 Å². The molecule has 0 aromatic heterocycles. The first-order valence-corrected chi connectivity index (χ1v) is 9.17. The highest BCUT2D eigenvalue weighted by Gasteiger charge is 2.26. The molecule has 0 atom stereocenters. The molecule has 1 aliphatic carbocycles. The molecule has 0 amide bonds. The molecule has 1 aliphatic rings. The zero-order chi connectivity index (χ0) is 17.3. The molecule has 2 aromatic carbocycles. The number of carbonyl (C=O) groups excluding carboxylic acids is 1. The van der Waals surface area contributed by atoms with Gasteiger partial charge in [0, 0.05) is 7.05 Å². The van der Waals surface area contributed by atoms with Crippen molar-refractivity contribution in [1.29, 1.82) is 0 Å². The van der Waals surface area contributed by atoms with Crippen molar-refractivity contribution < 1.29 is 17.9 Å². The maximum atomic E-state index is 13.0. The minimum Gasteiger partial charge on any atom is -0.465 e. The van der Waals surface area contributed by atoms with E-state index in [2.05, 4.69) is 0 Å². The summed E-state index contributed by atoms with van der Waals surface area (Å²) >= 11 is 0. The van der Waals surface area contributed by atoms with E-state index in [1.54, 1.807) is 36.4 Å². The SMILES string of the molecule is COC(=O)c1ccccc1N(C)S(=O)(=O)c1ccc2c(c1)CCC2. The van der Waals surface area contributed by atoms with Crippen LogP contribution in [0.5, 0.6) is 0 Å². The van der Waals surface area contributed by atoms with Gasteiger partial charge in [0.2, 0.25) is 0 Å². The Balaban J connectivity index is 2.03. The monoisotopic (exact) mass is 345 g/mol. The second-order valence-corrected chi connectivity index (χ2v) is 7.73. The molecule has 0 saturated carbocycles. The van der Waals surface area contributed by atoms with Crippen molar-refractivity contribution in [2.24, 2.45) is 0 Å². The minimum absolute atomic E-state index is 0.215. The number of hydrogen-bond donors (Lipinski definition) is 0. The number of rotatable bonds is 4. The number of aryl methyl sites for hydroxylation is 2. The van der Waals surface area contributed by atoms with Gasteiger partial charge in [-0.2, -0.15) is 0 Å². The highest BCUT2D eigenvalue weighted by molar-refractivity contribution is 7.92. The molecule has 0 heterocycles. The lowest BCUT2D eigenvalue weighted by Gasteiger charge is -2.22. The van der Waals surface area contributed by atoms with Crippen LogP contribution in [-0.2, 0) is 27.6 Å². The molecule has 2 aromatic rings. The van der Waals surface area contributed by atoms with Crippen LogP contribution in [0.2, 0.25) is 0 Å². The van der Waals surface area contributed by atoms with E-state index in [4.69, 9.17) is 4.74 Å². The van der Waals surface area contributed by atoms with Crippen LogP contribution in [0.3, 0.4) is 0 Å². The normalized spacial score (nSPS) is 13.4. The van der Waals surface area contributed by atoms with Crippen molar-refractivity contribution in [3.8, 4) is 0 Å². The highest BCUT2D eigenvalue weighted by atomic mass is 32.2. The van der Waals surface area contributed by atoms with Gasteiger partial charge < -0.3 is 4.74 Å². The van der Waals surface area contributed by atoms with Crippen LogP contribution >= 0.6 is 0 Å². The van der Waals surface area contributed by atoms with Crippen LogP contribution in [-0.4, -0.2) is 28.5 Å². The van der Waals surface area contributed by atoms with Gasteiger partial charge in [0.05, 0.1) is 23.3 Å². The molecule has 0 spiro atoms. The van der Waals surface area contributed by atoms with Gasteiger partial charge in [-0.15, -0.1) is 0 Å². The summed E-state index contributed by atoms with van der Waals surface area (Å²) in [6.45, 7) is 0. The van der Waals surface area contributed by atoms with E-state index in [1.807, 2.05) is 6.07 Å². The number of ether oxygens (including phenoxy) is 1. The first kappa shape index (κ1) is 16.5. The summed E-state index contributed by atoms with van der Waals surface area (Å²) < 4.78 is 31.8. The van der Waals surface area contributed by atoms with E-state index >= 15 is 0 Å². The second kappa shape index (κ2) is 6.28. The Morgan fingerprint density at radius 2 is 1.79 bits per heavy atom. The van der Waals surface area contributed by atoms with Crippen LogP contribution in [0.15, 0.2) is 47.4 Å². The fourth-order valence-electron chi connectivity index (χ4n) is 3.03. The van der Waals surface area contributed by atoms with Crippen molar-refractivity contribution in [2.45, 2.75) is 24.2 Å². The van der Waals surface area contributed by atoms with Gasteiger partial charge in [-0.1, -0.05) is 18.2 Å². The summed E-state index contributed by atoms with van der Waals surface area (Å²) in [6, 6.07) is 11.8. The molecule has 3 rings (SSSR count). The molecule has 0 radical (unpaired) electrons. The number of anilines is 1. The minimum atomic E-state index is -3.75. The van der Waals surface area contributed by atoms with Crippen LogP contribution in [0.1, 0.15) is 27.9 Å². The molecule has 6 heteroatoms. The largest absolute Gasteiger partial charge is 0.465 e. The molecule has 126 valence electrons. The summed E-state index contributed by atoms with van der Waals surface area (Å²) in [7, 11) is -1.03. The van der Waals surface area contributed by atoms with Crippen molar-refractivity contribution in [2.75, 3.05) is 18.5 Å². The van der Waals surface area contributed by atoms with E-state index in [1.165, 1.54) is 19.7 Å². The van der Waals surface area contributed by atoms with Crippen molar-refractivity contribution in [3.05, 3.63) is 59.2 Å². The zero-order valence-electron chi connectivity index (χ0n) is 13.7. The molecule has 0 unspecified atom stereocenters. The number of para-hydroxylation sites is 1. The molecule has 5 nitrogen and oxygen atoms in total. The smallest absolute Gasteiger partial charge is 0.340 e. The fourth-order valence-corrected chi connectivity index (χ4v) is 4.29. The predicted molar refractivity (Wildman–Crippen MR) is 91.8 cm³/mol. The van der Waals surface area contributed by atoms with Gasteiger partial charge in [0.1, 0.15) is 0 Å². The maximum Gasteiger partial charge on any atom is 0.340 e. The first-order valence-electron chi connectivity index (χ1n) is 7.73. The lowest BCUT2D eigenvalue weighted by Crippen LogP contribution is -2.28. The summed E-state index contributed by atoms with van der Waals surface area (Å²) in [6.07, 6.45) is 2.96. The van der Waals surface area contributed by atoms with Gasteiger partial charge in [-0.3, -0.25) is 4.31 Å². The van der Waals surface area contributed by atoms with Gasteiger partial charge in [-0.05, 0) is 54.7 Å². The number of fused-ring (bicyclic) bond motifs is 1. The quantitative estimate of drug-likeness (QED) is 0.800. The van der Waals surface area contributed by atoms with Gasteiger partial charge in [0.15, 0.2) is 0 Å². The summed E-state index contributed by atoms with van der Waals surface area (Å²) in [5.74, 6) is -0.568. The van der Waals surface area contributed by atoms with E-state index in [0.717, 1.165) is 29.1 Å². The Hall–Kier alpha value is -2.34. The van der Waals surface area contributed by atoms with E-state index in [0.29, 0.717) is 5.69 Å². The second-order valence-electron chi connectivity index (χ2n) is 5.77. The lowest BCUT2D eigenvalue weighted by atomic mass is 10.1. The Morgan fingerprint density at radius 3 is 2.54 bits per heavy atom. The molecule has 24 heavy (non-hydrogen) atoms. The average molecular weight is 345 g/mol. The number of methoxy groups -OCH3 is 1. The standard InChI is InChI=1S/C18H19NO4S/c1-19(17-9-4-3-8-16(17)18(20)23-2)24(21,22)15-11-10-13-6-5-7-14(13)12-15/h3-4,8-12H,5-7H2,1-2H3.